The number of rotatable bonds is 17. The van der Waals surface area contributed by atoms with Crippen LogP contribution in [-0.4, -0.2) is 97.4 Å². The molecule has 3 aromatic carbocycles. The van der Waals surface area contributed by atoms with Gasteiger partial charge in [-0.1, -0.05) is 23.7 Å². The first kappa shape index (κ1) is 38.0. The van der Waals surface area contributed by atoms with Gasteiger partial charge in [0.2, 0.25) is 5.91 Å². The van der Waals surface area contributed by atoms with Crippen molar-refractivity contribution in [3.8, 4) is 23.0 Å². The van der Waals surface area contributed by atoms with Crippen molar-refractivity contribution in [1.82, 2.24) is 15.1 Å². The van der Waals surface area contributed by atoms with Crippen LogP contribution in [0, 0.1) is 13.8 Å². The maximum atomic E-state index is 14.7. The minimum atomic E-state index is -0.918. The zero-order chi connectivity index (χ0) is 37.5. The molecule has 1 saturated carbocycles. The zero-order valence-corrected chi connectivity index (χ0v) is 31.3. The fourth-order valence-corrected chi connectivity index (χ4v) is 7.25. The summed E-state index contributed by atoms with van der Waals surface area (Å²) >= 11 is 6.36. The zero-order valence-electron chi connectivity index (χ0n) is 30.6. The molecular weight excluding hydrogens is 698 g/mol. The first-order valence-corrected chi connectivity index (χ1v) is 18.7. The maximum Gasteiger partial charge on any atom is 0.303 e. The second-order valence-corrected chi connectivity index (χ2v) is 14.3. The van der Waals surface area contributed by atoms with E-state index in [0.717, 1.165) is 40.9 Å². The van der Waals surface area contributed by atoms with Crippen LogP contribution < -0.4 is 24.3 Å². The van der Waals surface area contributed by atoms with Crippen molar-refractivity contribution >= 4 is 35.0 Å². The first-order valence-electron chi connectivity index (χ1n) is 18.3. The highest BCUT2D eigenvalue weighted by molar-refractivity contribution is 6.32. The Morgan fingerprint density at radius 2 is 1.51 bits per heavy atom. The number of nitrogens with one attached hydrogen (secondary N) is 1. The van der Waals surface area contributed by atoms with Crippen LogP contribution in [0.2, 0.25) is 5.02 Å². The summed E-state index contributed by atoms with van der Waals surface area (Å²) in [5.74, 6) is 1.68. The fraction of sp³-hybridized carbons (Fsp3) is 0.439. The van der Waals surface area contributed by atoms with E-state index in [0.29, 0.717) is 73.7 Å². The van der Waals surface area contributed by atoms with Crippen molar-refractivity contribution in [3.63, 3.8) is 0 Å². The van der Waals surface area contributed by atoms with Crippen LogP contribution in [-0.2, 0) is 14.4 Å². The molecule has 0 radical (unpaired) electrons. The monoisotopic (exact) mass is 745 g/mol. The highest BCUT2D eigenvalue weighted by Gasteiger charge is 2.43. The van der Waals surface area contributed by atoms with Crippen LogP contribution in [0.25, 0.3) is 5.57 Å². The SMILES string of the molecule is COc1ccc(OCCN(C(=O)C2=C(c3ccc(OCCOc4cc(C)c(C)cc4Cl)cc3)C[C@@H]3CN(C(=O)CCCC(=O)O)C[C@H]2N3)C2CC2)cc1. The molecule has 1 aliphatic carbocycles. The van der Waals surface area contributed by atoms with Gasteiger partial charge in [-0.15, -0.1) is 0 Å². The van der Waals surface area contributed by atoms with E-state index in [4.69, 9.17) is 35.7 Å². The second kappa shape index (κ2) is 17.4. The van der Waals surface area contributed by atoms with E-state index >= 15 is 0 Å². The number of benzene rings is 3. The normalized spacial score (nSPS) is 18.0. The summed E-state index contributed by atoms with van der Waals surface area (Å²) in [7, 11) is 1.62. The van der Waals surface area contributed by atoms with Crippen LogP contribution in [0.15, 0.2) is 66.2 Å². The molecule has 3 aromatic rings. The Kier molecular flexibility index (Phi) is 12.5. The van der Waals surface area contributed by atoms with Gasteiger partial charge in [0.15, 0.2) is 0 Å². The number of carbonyl (C=O) groups is 3. The number of ether oxygens (including phenoxy) is 4. The molecule has 2 amide bonds. The molecule has 3 aliphatic rings. The quantitative estimate of drug-likeness (QED) is 0.158. The van der Waals surface area contributed by atoms with Gasteiger partial charge in [0.05, 0.1) is 24.7 Å². The van der Waals surface area contributed by atoms with Crippen molar-refractivity contribution in [3.05, 3.63) is 87.9 Å². The van der Waals surface area contributed by atoms with Gasteiger partial charge in [0.1, 0.15) is 42.8 Å². The lowest BCUT2D eigenvalue weighted by Crippen LogP contribution is -2.62. The van der Waals surface area contributed by atoms with Crippen molar-refractivity contribution in [1.29, 1.82) is 0 Å². The first-order chi connectivity index (χ1) is 25.6. The number of piperazine rings is 1. The smallest absolute Gasteiger partial charge is 0.303 e. The third-order valence-corrected chi connectivity index (χ3v) is 10.3. The van der Waals surface area contributed by atoms with E-state index in [9.17, 15) is 14.4 Å². The molecule has 2 N–H and O–H groups in total. The van der Waals surface area contributed by atoms with Gasteiger partial charge in [0.25, 0.3) is 5.91 Å². The van der Waals surface area contributed by atoms with Gasteiger partial charge < -0.3 is 39.2 Å². The number of amides is 2. The Morgan fingerprint density at radius 3 is 2.19 bits per heavy atom. The summed E-state index contributed by atoms with van der Waals surface area (Å²) in [5, 5.41) is 13.3. The molecule has 0 unspecified atom stereocenters. The summed E-state index contributed by atoms with van der Waals surface area (Å²) in [6.45, 7) is 6.25. The molecule has 6 rings (SSSR count). The second-order valence-electron chi connectivity index (χ2n) is 13.9. The largest absolute Gasteiger partial charge is 0.497 e. The van der Waals surface area contributed by atoms with Crippen LogP contribution in [0.1, 0.15) is 55.2 Å². The number of hydrogen-bond donors (Lipinski definition) is 2. The highest BCUT2D eigenvalue weighted by Crippen LogP contribution is 2.37. The summed E-state index contributed by atoms with van der Waals surface area (Å²) in [6, 6.07) is 18.7. The molecule has 53 heavy (non-hydrogen) atoms. The number of aliphatic carboxylic acids is 1. The maximum absolute atomic E-state index is 14.7. The standard InChI is InChI=1S/C41H48ClN3O8/c1-26-21-35(42)37(22-27(26)2)53-20-19-52-32-11-7-28(8-12-32)34-23-29-24-44(38(46)5-4-6-39(47)48)25-36(43-29)40(34)41(49)45(30-9-10-30)17-18-51-33-15-13-31(50-3)14-16-33/h7-8,11-16,21-22,29-30,36,43H,4-6,9-10,17-20,23-25H2,1-3H3,(H,47,48)/t29-,36-/m1/s1. The third kappa shape index (κ3) is 9.83. The van der Waals surface area contributed by atoms with Gasteiger partial charge in [-0.2, -0.15) is 0 Å². The molecule has 2 fully saturated rings. The van der Waals surface area contributed by atoms with E-state index in [1.165, 1.54) is 0 Å². The topological polar surface area (TPSA) is 127 Å². The molecule has 282 valence electrons. The van der Waals surface area contributed by atoms with Crippen molar-refractivity contribution < 1.29 is 38.4 Å². The Bertz CT molecular complexity index is 1810. The van der Waals surface area contributed by atoms with Crippen molar-refractivity contribution in [2.75, 3.05) is 46.6 Å². The molecule has 11 nitrogen and oxygen atoms in total. The number of halogens is 1. The number of aryl methyl sites for hydroxylation is 2. The van der Waals surface area contributed by atoms with Gasteiger partial charge in [-0.25, -0.2) is 0 Å². The van der Waals surface area contributed by atoms with Gasteiger partial charge >= 0.3 is 5.97 Å². The van der Waals surface area contributed by atoms with Crippen LogP contribution >= 0.6 is 11.6 Å². The fourth-order valence-electron chi connectivity index (χ4n) is 6.97. The number of carbonyl (C=O) groups excluding carboxylic acids is 2. The highest BCUT2D eigenvalue weighted by atomic mass is 35.5. The Hall–Kier alpha value is -4.74. The van der Waals surface area contributed by atoms with Gasteiger partial charge in [-0.05, 0) is 110 Å². The van der Waals surface area contributed by atoms with Gasteiger partial charge in [0, 0.05) is 43.6 Å². The molecule has 2 atom stereocenters. The van der Waals surface area contributed by atoms with E-state index in [-0.39, 0.29) is 49.2 Å². The van der Waals surface area contributed by atoms with E-state index < -0.39 is 5.97 Å². The summed E-state index contributed by atoms with van der Waals surface area (Å²) in [4.78, 5) is 42.7. The molecule has 1 saturated heterocycles. The third-order valence-electron chi connectivity index (χ3n) is 10.0. The lowest BCUT2D eigenvalue weighted by Gasteiger charge is -2.45. The number of methoxy groups -OCH3 is 1. The molecule has 2 bridgehead atoms. The number of carboxylic acid groups (broad SMARTS) is 1. The number of nitrogens with zero attached hydrogens (tertiary/aromatic N) is 2. The van der Waals surface area contributed by atoms with E-state index in [1.54, 1.807) is 12.0 Å². The van der Waals surface area contributed by atoms with Crippen LogP contribution in [0.5, 0.6) is 23.0 Å². The number of fused-ring (bicyclic) bond motifs is 2. The summed E-state index contributed by atoms with van der Waals surface area (Å²) in [5.41, 5.74) is 4.76. The Morgan fingerprint density at radius 1 is 0.868 bits per heavy atom. The predicted molar refractivity (Wildman–Crippen MR) is 202 cm³/mol. The Labute approximate surface area is 315 Å². The van der Waals surface area contributed by atoms with Crippen molar-refractivity contribution in [2.45, 2.75) is 70.5 Å². The van der Waals surface area contributed by atoms with Gasteiger partial charge in [-0.3, -0.25) is 14.4 Å². The molecule has 12 heteroatoms. The lowest BCUT2D eigenvalue weighted by atomic mass is 9.82. The van der Waals surface area contributed by atoms with E-state index in [2.05, 4.69) is 5.32 Å². The molecule has 0 spiro atoms. The number of carboxylic acids is 1. The Balaban J connectivity index is 1.18. The van der Waals surface area contributed by atoms with Crippen LogP contribution in [0.3, 0.4) is 0 Å². The summed E-state index contributed by atoms with van der Waals surface area (Å²) < 4.78 is 23.2. The van der Waals surface area contributed by atoms with Crippen molar-refractivity contribution in [2.24, 2.45) is 0 Å². The number of hydrogen-bond acceptors (Lipinski definition) is 8. The predicted octanol–water partition coefficient (Wildman–Crippen LogP) is 6.07. The molecule has 2 heterocycles. The lowest BCUT2D eigenvalue weighted by molar-refractivity contribution is -0.138. The minimum Gasteiger partial charge on any atom is -0.497 e. The molecule has 0 aromatic heterocycles. The average Bonchev–Trinajstić information content (AvgIpc) is 3.99. The van der Waals surface area contributed by atoms with E-state index in [1.807, 2.05) is 79.4 Å². The summed E-state index contributed by atoms with van der Waals surface area (Å²) in [6.07, 6.45) is 2.80. The molecule has 2 aliphatic heterocycles. The molecular formula is C41H48ClN3O8. The minimum absolute atomic E-state index is 0.0539. The van der Waals surface area contributed by atoms with Crippen LogP contribution in [0.4, 0.5) is 0 Å². The average molecular weight is 746 g/mol.